The van der Waals surface area contributed by atoms with Crippen LogP contribution >= 0.6 is 0 Å². The first kappa shape index (κ1) is 21.9. The van der Waals surface area contributed by atoms with Gasteiger partial charge in [-0.25, -0.2) is 13.4 Å². The van der Waals surface area contributed by atoms with E-state index in [2.05, 4.69) is 4.98 Å². The molecular formula is C23H31N3O5S. The zero-order valence-corrected chi connectivity index (χ0v) is 19.3. The monoisotopic (exact) mass is 461 g/mol. The number of benzene rings is 1. The molecule has 1 aromatic heterocycles. The van der Waals surface area contributed by atoms with Gasteiger partial charge in [-0.15, -0.1) is 0 Å². The van der Waals surface area contributed by atoms with Crippen LogP contribution in [0, 0.1) is 17.8 Å². The Morgan fingerprint density at radius 2 is 2.03 bits per heavy atom. The number of fused-ring (bicyclic) bond motifs is 3. The molecule has 1 saturated heterocycles. The van der Waals surface area contributed by atoms with Gasteiger partial charge in [-0.1, -0.05) is 6.42 Å². The summed E-state index contributed by atoms with van der Waals surface area (Å²) >= 11 is 0. The first-order valence-corrected chi connectivity index (χ1v) is 13.1. The second-order valence-corrected chi connectivity index (χ2v) is 11.2. The van der Waals surface area contributed by atoms with E-state index in [-0.39, 0.29) is 17.5 Å². The first-order valence-electron chi connectivity index (χ1n) is 11.7. The Balaban J connectivity index is 1.30. The quantitative estimate of drug-likeness (QED) is 0.589. The molecule has 3 unspecified atom stereocenters. The molecule has 9 heteroatoms. The van der Waals surface area contributed by atoms with Crippen molar-refractivity contribution in [2.24, 2.45) is 17.8 Å². The predicted molar refractivity (Wildman–Crippen MR) is 118 cm³/mol. The number of sulfonamides is 1. The van der Waals surface area contributed by atoms with Crippen molar-refractivity contribution >= 4 is 27.0 Å². The maximum Gasteiger partial charge on any atom is 0.306 e. The van der Waals surface area contributed by atoms with E-state index in [0.717, 1.165) is 17.9 Å². The van der Waals surface area contributed by atoms with Gasteiger partial charge in [-0.3, -0.25) is 4.79 Å². The van der Waals surface area contributed by atoms with Crippen molar-refractivity contribution in [2.45, 2.75) is 57.1 Å². The molecular weight excluding hydrogens is 430 g/mol. The van der Waals surface area contributed by atoms with Crippen LogP contribution in [-0.4, -0.2) is 54.5 Å². The third kappa shape index (κ3) is 4.06. The van der Waals surface area contributed by atoms with E-state index >= 15 is 0 Å². The highest BCUT2D eigenvalue weighted by atomic mass is 32.2. The number of nitrogens with zero attached hydrogens (tertiary/aromatic N) is 3. The number of imidazole rings is 1. The smallest absolute Gasteiger partial charge is 0.306 e. The summed E-state index contributed by atoms with van der Waals surface area (Å²) < 4.78 is 40.3. The Bertz CT molecular complexity index is 1110. The molecule has 32 heavy (non-hydrogen) atoms. The molecule has 0 N–H and O–H groups in total. The lowest BCUT2D eigenvalue weighted by Crippen LogP contribution is -2.40. The predicted octanol–water partition coefficient (Wildman–Crippen LogP) is 2.95. The molecule has 0 spiro atoms. The van der Waals surface area contributed by atoms with Crippen LogP contribution in [0.2, 0.25) is 0 Å². The van der Waals surface area contributed by atoms with E-state index < -0.39 is 10.0 Å². The molecule has 1 aliphatic heterocycles. The molecule has 8 nitrogen and oxygen atoms in total. The highest BCUT2D eigenvalue weighted by Crippen LogP contribution is 2.49. The maximum absolute atomic E-state index is 13.0. The number of morpholine rings is 1. The number of ether oxygens (including phenoxy) is 2. The third-order valence-corrected chi connectivity index (χ3v) is 9.29. The minimum Gasteiger partial charge on any atom is -0.457 e. The summed E-state index contributed by atoms with van der Waals surface area (Å²) in [6.45, 7) is 4.29. The number of carbonyl (C=O) groups excluding carboxylic acids is 1. The highest BCUT2D eigenvalue weighted by Gasteiger charge is 2.40. The Kier molecular flexibility index (Phi) is 5.98. The Morgan fingerprint density at radius 1 is 1.22 bits per heavy atom. The topological polar surface area (TPSA) is 90.7 Å². The van der Waals surface area contributed by atoms with Crippen molar-refractivity contribution in [1.29, 1.82) is 0 Å². The van der Waals surface area contributed by atoms with Crippen LogP contribution in [0.5, 0.6) is 0 Å². The van der Waals surface area contributed by atoms with Crippen molar-refractivity contribution in [1.82, 2.24) is 13.9 Å². The average Bonchev–Trinajstić information content (AvgIpc) is 3.51. The van der Waals surface area contributed by atoms with Gasteiger partial charge in [-0.05, 0) is 62.1 Å². The van der Waals surface area contributed by atoms with Crippen molar-refractivity contribution in [3.63, 3.8) is 0 Å². The van der Waals surface area contributed by atoms with Gasteiger partial charge in [0.2, 0.25) is 10.0 Å². The second-order valence-electron chi connectivity index (χ2n) is 9.24. The molecule has 2 aromatic rings. The molecule has 174 valence electrons. The standard InChI is InChI=1S/C23H31N3O5S/c1-2-26-21-6-5-19(32(28,29)25-7-9-30-10-8-25)14-20(21)24-22(26)15-31-23(27)13-18-12-16-3-4-17(18)11-16/h5-6,14,16-18H,2-4,7-13,15H2,1H3. The lowest BCUT2D eigenvalue weighted by atomic mass is 9.86. The van der Waals surface area contributed by atoms with Crippen LogP contribution in [0.15, 0.2) is 23.1 Å². The largest absolute Gasteiger partial charge is 0.457 e. The molecule has 5 rings (SSSR count). The summed E-state index contributed by atoms with van der Waals surface area (Å²) in [6.07, 6.45) is 5.51. The molecule has 0 radical (unpaired) electrons. The van der Waals surface area contributed by atoms with E-state index in [1.54, 1.807) is 18.2 Å². The third-order valence-electron chi connectivity index (χ3n) is 7.40. The SMILES string of the molecule is CCn1c(COC(=O)CC2CC3CCC2C3)nc2cc(S(=O)(=O)N3CCOCC3)ccc21. The minimum atomic E-state index is -3.59. The first-order chi connectivity index (χ1) is 15.5. The van der Waals surface area contributed by atoms with Gasteiger partial charge in [0.05, 0.1) is 29.1 Å². The van der Waals surface area contributed by atoms with Crippen LogP contribution in [0.3, 0.4) is 0 Å². The lowest BCUT2D eigenvalue weighted by molar-refractivity contribution is -0.146. The Hall–Kier alpha value is -1.97. The fourth-order valence-corrected chi connectivity index (χ4v) is 7.19. The van der Waals surface area contributed by atoms with Crippen LogP contribution in [0.4, 0.5) is 0 Å². The number of aryl methyl sites for hydroxylation is 1. The summed E-state index contributed by atoms with van der Waals surface area (Å²) in [7, 11) is -3.59. The molecule has 2 bridgehead atoms. The van der Waals surface area contributed by atoms with Crippen molar-refractivity contribution < 1.29 is 22.7 Å². The Labute approximate surface area is 188 Å². The van der Waals surface area contributed by atoms with Gasteiger partial charge in [0, 0.05) is 26.1 Å². The number of hydrogen-bond acceptors (Lipinski definition) is 6. The molecule has 0 amide bonds. The lowest BCUT2D eigenvalue weighted by Gasteiger charge is -2.26. The van der Waals surface area contributed by atoms with E-state index in [9.17, 15) is 13.2 Å². The summed E-state index contributed by atoms with van der Waals surface area (Å²) in [5.74, 6) is 2.46. The van der Waals surface area contributed by atoms with Gasteiger partial charge >= 0.3 is 5.97 Å². The summed E-state index contributed by atoms with van der Waals surface area (Å²) in [6, 6.07) is 5.04. The van der Waals surface area contributed by atoms with Crippen LogP contribution in [-0.2, 0) is 37.4 Å². The second kappa shape index (κ2) is 8.76. The van der Waals surface area contributed by atoms with Crippen molar-refractivity contribution in [2.75, 3.05) is 26.3 Å². The van der Waals surface area contributed by atoms with Gasteiger partial charge in [0.25, 0.3) is 0 Å². The Morgan fingerprint density at radius 3 is 2.72 bits per heavy atom. The molecule has 3 atom stereocenters. The van der Waals surface area contributed by atoms with Crippen LogP contribution < -0.4 is 0 Å². The number of hydrogen-bond donors (Lipinski definition) is 0. The van der Waals surface area contributed by atoms with E-state index in [4.69, 9.17) is 9.47 Å². The van der Waals surface area contributed by atoms with E-state index in [1.165, 1.54) is 23.6 Å². The maximum atomic E-state index is 13.0. The fourth-order valence-electron chi connectivity index (χ4n) is 5.76. The molecule has 1 aromatic carbocycles. The van der Waals surface area contributed by atoms with Crippen LogP contribution in [0.1, 0.15) is 44.9 Å². The molecule has 3 aliphatic rings. The van der Waals surface area contributed by atoms with Crippen molar-refractivity contribution in [3.8, 4) is 0 Å². The molecule has 2 heterocycles. The zero-order chi connectivity index (χ0) is 22.3. The van der Waals surface area contributed by atoms with Gasteiger partial charge in [-0.2, -0.15) is 4.31 Å². The highest BCUT2D eigenvalue weighted by molar-refractivity contribution is 7.89. The fraction of sp³-hybridized carbons (Fsp3) is 0.652. The summed E-state index contributed by atoms with van der Waals surface area (Å²) in [5.41, 5.74) is 1.44. The van der Waals surface area contributed by atoms with Gasteiger partial charge in [0.1, 0.15) is 12.4 Å². The van der Waals surface area contributed by atoms with Crippen LogP contribution in [0.25, 0.3) is 11.0 Å². The summed E-state index contributed by atoms with van der Waals surface area (Å²) in [5, 5.41) is 0. The number of rotatable bonds is 7. The van der Waals surface area contributed by atoms with E-state index in [0.29, 0.717) is 62.4 Å². The number of aromatic nitrogens is 2. The number of carbonyl (C=O) groups is 1. The molecule has 3 fully saturated rings. The normalized spacial score (nSPS) is 26.1. The average molecular weight is 462 g/mol. The summed E-state index contributed by atoms with van der Waals surface area (Å²) in [4.78, 5) is 17.3. The molecule has 2 saturated carbocycles. The van der Waals surface area contributed by atoms with Crippen molar-refractivity contribution in [3.05, 3.63) is 24.0 Å². The zero-order valence-electron chi connectivity index (χ0n) is 18.5. The van der Waals surface area contributed by atoms with Gasteiger partial charge in [0.15, 0.2) is 0 Å². The minimum absolute atomic E-state index is 0.105. The molecule has 2 aliphatic carbocycles. The van der Waals surface area contributed by atoms with E-state index in [1.807, 2.05) is 11.5 Å². The van der Waals surface area contributed by atoms with Gasteiger partial charge < -0.3 is 14.0 Å². The number of esters is 1.